The second kappa shape index (κ2) is 12.2. The van der Waals surface area contributed by atoms with Crippen LogP contribution in [0.25, 0.3) is 0 Å². The van der Waals surface area contributed by atoms with E-state index in [2.05, 4.69) is 0 Å². The van der Waals surface area contributed by atoms with Crippen molar-refractivity contribution in [3.8, 4) is 0 Å². The topological polar surface area (TPSA) is 152 Å². The Morgan fingerprint density at radius 3 is 0.846 bits per heavy atom. The van der Waals surface area contributed by atoms with Crippen LogP contribution < -0.4 is 59.1 Å². The summed E-state index contributed by atoms with van der Waals surface area (Å²) in [7, 11) is -9.58. The Morgan fingerprint density at radius 2 is 0.846 bits per heavy atom. The molecule has 0 saturated carbocycles. The van der Waals surface area contributed by atoms with Crippen molar-refractivity contribution in [3.05, 3.63) is 0 Å². The van der Waals surface area contributed by atoms with Gasteiger partial charge in [-0.15, -0.1) is 0 Å². The maximum absolute atomic E-state index is 8.74. The molecule has 0 aromatic rings. The minimum Gasteiger partial charge on any atom is -0.813 e. The fourth-order valence-electron chi connectivity index (χ4n) is 0. The van der Waals surface area contributed by atoms with E-state index >= 15 is 0 Å². The van der Waals surface area contributed by atoms with Gasteiger partial charge in [0, 0.05) is 0 Å². The van der Waals surface area contributed by atoms with Gasteiger partial charge in [0.1, 0.15) is 0 Å². The minimum absolute atomic E-state index is 0. The normalized spacial score (nSPS) is 8.92. The van der Waals surface area contributed by atoms with Crippen molar-refractivity contribution in [1.29, 1.82) is 0 Å². The molecule has 0 fully saturated rings. The third-order valence-electron chi connectivity index (χ3n) is 0. The molecule has 3 N–H and O–H groups in total. The SMILES string of the molecule is O=S(=O)(O)O.O=S(=O)([O-])O.[Na+].[Na+].[SH-]. The summed E-state index contributed by atoms with van der Waals surface area (Å²) < 4.78 is 64.4. The third kappa shape index (κ3) is 471. The van der Waals surface area contributed by atoms with Crippen molar-refractivity contribution in [1.82, 2.24) is 0 Å². The van der Waals surface area contributed by atoms with E-state index in [9.17, 15) is 0 Å². The quantitative estimate of drug-likeness (QED) is 0.128. The molecule has 0 aromatic heterocycles. The van der Waals surface area contributed by atoms with E-state index in [-0.39, 0.29) is 72.6 Å². The Labute approximate surface area is 127 Å². The number of thiol groups is 1. The second-order valence-electron chi connectivity index (χ2n) is 0.876. The van der Waals surface area contributed by atoms with Crippen LogP contribution in [0.5, 0.6) is 0 Å². The van der Waals surface area contributed by atoms with Crippen LogP contribution >= 0.6 is 0 Å². The molecule has 0 atom stereocenters. The van der Waals surface area contributed by atoms with Crippen molar-refractivity contribution in [2.24, 2.45) is 0 Å². The Kier molecular flexibility index (Phi) is 27.5. The first-order valence-corrected chi connectivity index (χ1v) is 4.14. The molecule has 0 aliphatic heterocycles. The van der Waals surface area contributed by atoms with E-state index in [0.717, 1.165) is 0 Å². The summed E-state index contributed by atoms with van der Waals surface area (Å²) in [5.74, 6) is 0. The van der Waals surface area contributed by atoms with Crippen molar-refractivity contribution in [2.45, 2.75) is 0 Å². The van der Waals surface area contributed by atoms with Gasteiger partial charge in [-0.1, -0.05) is 0 Å². The van der Waals surface area contributed by atoms with Crippen molar-refractivity contribution in [3.63, 3.8) is 0 Å². The molecular formula is H4Na2O8S3. The Hall–Kier alpha value is 2.09. The van der Waals surface area contributed by atoms with Crippen LogP contribution in [0.1, 0.15) is 0 Å². The second-order valence-corrected chi connectivity index (χ2v) is 2.63. The summed E-state index contributed by atoms with van der Waals surface area (Å²) in [5.41, 5.74) is 0. The van der Waals surface area contributed by atoms with Gasteiger partial charge in [-0.3, -0.25) is 13.7 Å². The van der Waals surface area contributed by atoms with Gasteiger partial charge in [-0.25, -0.2) is 8.42 Å². The molecule has 13 heavy (non-hydrogen) atoms. The molecule has 0 spiro atoms. The van der Waals surface area contributed by atoms with Crippen LogP contribution in [-0.2, 0) is 34.3 Å². The number of hydrogen-bond acceptors (Lipinski definition) is 6. The van der Waals surface area contributed by atoms with Crippen LogP contribution in [0.4, 0.5) is 0 Å². The summed E-state index contributed by atoms with van der Waals surface area (Å²) in [6.07, 6.45) is 0. The van der Waals surface area contributed by atoms with Gasteiger partial charge in [0.2, 0.25) is 10.4 Å². The smallest absolute Gasteiger partial charge is 0.813 e. The summed E-state index contributed by atoms with van der Waals surface area (Å²) >= 11 is 0. The molecule has 0 amide bonds. The first-order valence-electron chi connectivity index (χ1n) is 1.38. The standard InChI is InChI=1S/2Na.2H2O4S.H2S/c;;2*1-5(2,3)4;/h;;2*(H2,1,2,3,4);1H2/q2*+1;;;/p-2. The third-order valence-corrected chi connectivity index (χ3v) is 0. The van der Waals surface area contributed by atoms with Gasteiger partial charge in [-0.2, -0.15) is 8.42 Å². The largest absolute Gasteiger partial charge is 1.00 e. The molecule has 0 aliphatic rings. The predicted molar refractivity (Wildman–Crippen MR) is 35.3 cm³/mol. The molecule has 0 unspecified atom stereocenters. The van der Waals surface area contributed by atoms with E-state index < -0.39 is 20.8 Å². The van der Waals surface area contributed by atoms with E-state index in [1.807, 2.05) is 0 Å². The summed E-state index contributed by atoms with van der Waals surface area (Å²) in [4.78, 5) is 0. The van der Waals surface area contributed by atoms with E-state index in [0.29, 0.717) is 0 Å². The predicted octanol–water partition coefficient (Wildman–Crippen LogP) is -7.91. The average Bonchev–Trinajstić information content (AvgIpc) is 1.12. The monoisotopic (exact) mass is 274 g/mol. The zero-order valence-corrected chi connectivity index (χ0v) is 13.2. The molecule has 0 rings (SSSR count). The van der Waals surface area contributed by atoms with Crippen LogP contribution in [0.2, 0.25) is 0 Å². The van der Waals surface area contributed by atoms with Gasteiger partial charge in [0.05, 0.1) is 0 Å². The van der Waals surface area contributed by atoms with Crippen LogP contribution in [0.3, 0.4) is 0 Å². The van der Waals surface area contributed by atoms with Crippen LogP contribution in [0, 0.1) is 0 Å². The fraction of sp³-hybridized carbons (Fsp3) is 0. The molecule has 0 aromatic carbocycles. The summed E-state index contributed by atoms with van der Waals surface area (Å²) in [6, 6.07) is 0. The Balaban J connectivity index is -0.0000000267. The molecule has 0 saturated heterocycles. The van der Waals surface area contributed by atoms with E-state index in [4.69, 9.17) is 35.0 Å². The molecule has 0 bridgehead atoms. The summed E-state index contributed by atoms with van der Waals surface area (Å²) in [5, 5.41) is 0. The Bertz CT molecular complexity index is 214. The van der Waals surface area contributed by atoms with E-state index in [1.54, 1.807) is 0 Å². The average molecular weight is 274 g/mol. The Morgan fingerprint density at radius 1 is 0.846 bits per heavy atom. The van der Waals surface area contributed by atoms with Gasteiger partial charge in [0.15, 0.2) is 0 Å². The van der Waals surface area contributed by atoms with Gasteiger partial charge in [-0.05, 0) is 0 Å². The molecule has 0 aliphatic carbocycles. The fourth-order valence-corrected chi connectivity index (χ4v) is 0. The van der Waals surface area contributed by atoms with Crippen molar-refractivity contribution < 1.29 is 94.2 Å². The van der Waals surface area contributed by atoms with Crippen LogP contribution in [0.15, 0.2) is 0 Å². The van der Waals surface area contributed by atoms with Crippen molar-refractivity contribution in [2.75, 3.05) is 0 Å². The summed E-state index contributed by atoms with van der Waals surface area (Å²) in [6.45, 7) is 0. The van der Waals surface area contributed by atoms with Gasteiger partial charge < -0.3 is 18.0 Å². The number of rotatable bonds is 0. The molecule has 8 nitrogen and oxygen atoms in total. The zero-order chi connectivity index (χ0) is 9.00. The van der Waals surface area contributed by atoms with E-state index in [1.165, 1.54) is 0 Å². The molecule has 72 valence electrons. The van der Waals surface area contributed by atoms with Gasteiger partial charge >= 0.3 is 69.5 Å². The van der Waals surface area contributed by atoms with Crippen LogP contribution in [-0.4, -0.2) is 35.0 Å². The van der Waals surface area contributed by atoms with Gasteiger partial charge in [0.25, 0.3) is 0 Å². The number of hydrogen-bond donors (Lipinski definition) is 3. The molecule has 13 heteroatoms. The first kappa shape index (κ1) is 29.4. The first-order chi connectivity index (χ1) is 4.00. The zero-order valence-electron chi connectivity index (χ0n) is 6.65. The molecule has 0 heterocycles. The molecular weight excluding hydrogens is 270 g/mol. The van der Waals surface area contributed by atoms with Crippen molar-refractivity contribution >= 4 is 34.3 Å². The maximum atomic E-state index is 8.74. The minimum atomic E-state index is -4.92. The maximum Gasteiger partial charge on any atom is 1.00 e. The molecule has 0 radical (unpaired) electrons.